The Labute approximate surface area is 239 Å². The van der Waals surface area contributed by atoms with E-state index in [0.29, 0.717) is 18.7 Å². The number of anilines is 2. The predicted molar refractivity (Wildman–Crippen MR) is 161 cm³/mol. The molecule has 8 heteroatoms. The van der Waals surface area contributed by atoms with Gasteiger partial charge in [0.1, 0.15) is 12.1 Å². The Morgan fingerprint density at radius 1 is 0.829 bits per heavy atom. The van der Waals surface area contributed by atoms with Crippen LogP contribution in [0, 0.1) is 0 Å². The molecule has 0 spiro atoms. The number of nitrogens with one attached hydrogen (secondary N) is 3. The molecule has 2 aliphatic heterocycles. The number of carbonyl (C=O) groups excluding carboxylic acids is 3. The molecule has 6 rings (SSSR count). The minimum atomic E-state index is -0.490. The number of aromatic amines is 1. The first-order valence-corrected chi connectivity index (χ1v) is 14.4. The second-order valence-corrected chi connectivity index (χ2v) is 11.0. The molecule has 0 aliphatic carbocycles. The summed E-state index contributed by atoms with van der Waals surface area (Å²) >= 11 is 0. The molecule has 2 aliphatic rings. The number of hydrogen-bond donors (Lipinski definition) is 3. The average Bonchev–Trinajstić information content (AvgIpc) is 3.75. The van der Waals surface area contributed by atoms with Crippen molar-refractivity contribution in [3.63, 3.8) is 0 Å². The molecule has 2 saturated heterocycles. The van der Waals surface area contributed by atoms with Gasteiger partial charge >= 0.3 is 0 Å². The van der Waals surface area contributed by atoms with Crippen LogP contribution in [0.1, 0.15) is 44.2 Å². The molecule has 1 unspecified atom stereocenters. The highest BCUT2D eigenvalue weighted by Gasteiger charge is 2.40. The van der Waals surface area contributed by atoms with E-state index in [4.69, 9.17) is 0 Å². The number of likely N-dealkylation sites (tertiary alicyclic amines) is 2. The van der Waals surface area contributed by atoms with Crippen LogP contribution in [-0.4, -0.2) is 58.2 Å². The first-order valence-electron chi connectivity index (χ1n) is 14.4. The minimum absolute atomic E-state index is 0.0194. The van der Waals surface area contributed by atoms with Gasteiger partial charge in [-0.15, -0.1) is 0 Å². The molecule has 3 aromatic carbocycles. The molecule has 210 valence electrons. The van der Waals surface area contributed by atoms with E-state index in [9.17, 15) is 14.4 Å². The van der Waals surface area contributed by atoms with Gasteiger partial charge in [-0.2, -0.15) is 0 Å². The monoisotopic (exact) mass is 549 g/mol. The standard InChI is InChI=1S/C33H35N5O3/c1-22(39)34-26-13-11-23(12-14-26)29-21-25-20-27(15-16-28(25)36-29)35-32(40)30-10-7-19-38(30)33(41)31(37-17-5-6-18-37)24-8-3-2-4-9-24/h2-4,8-9,11-16,20-21,30-31,36H,5-7,10,17-19H2,1H3,(H,34,39)(H,35,40)/t30-,31?/m0/s1. The van der Waals surface area contributed by atoms with Gasteiger partial charge in [0.15, 0.2) is 0 Å². The summed E-state index contributed by atoms with van der Waals surface area (Å²) in [6, 6.07) is 24.6. The normalized spacial score (nSPS) is 18.0. The average molecular weight is 550 g/mol. The molecule has 2 atom stereocenters. The maximum absolute atomic E-state index is 14.0. The molecule has 3 heterocycles. The lowest BCUT2D eigenvalue weighted by Crippen LogP contribution is -2.48. The fourth-order valence-electron chi connectivity index (χ4n) is 6.13. The summed E-state index contributed by atoms with van der Waals surface area (Å²) in [7, 11) is 0. The van der Waals surface area contributed by atoms with Gasteiger partial charge in [0.25, 0.3) is 0 Å². The Hall–Kier alpha value is -4.43. The van der Waals surface area contributed by atoms with Crippen LogP contribution in [0.3, 0.4) is 0 Å². The summed E-state index contributed by atoms with van der Waals surface area (Å²) in [6.45, 7) is 3.87. The molecule has 0 saturated carbocycles. The highest BCUT2D eigenvalue weighted by atomic mass is 16.2. The summed E-state index contributed by atoms with van der Waals surface area (Å²) < 4.78 is 0. The third-order valence-corrected chi connectivity index (χ3v) is 8.10. The van der Waals surface area contributed by atoms with Crippen molar-refractivity contribution in [3.05, 3.63) is 84.4 Å². The van der Waals surface area contributed by atoms with E-state index in [1.807, 2.05) is 78.9 Å². The first kappa shape index (κ1) is 26.8. The van der Waals surface area contributed by atoms with E-state index in [-0.39, 0.29) is 23.8 Å². The Morgan fingerprint density at radius 3 is 2.29 bits per heavy atom. The largest absolute Gasteiger partial charge is 0.355 e. The lowest BCUT2D eigenvalue weighted by atomic mass is 10.0. The number of rotatable bonds is 7. The van der Waals surface area contributed by atoms with Crippen LogP contribution in [-0.2, 0) is 14.4 Å². The van der Waals surface area contributed by atoms with Crippen molar-refractivity contribution < 1.29 is 14.4 Å². The van der Waals surface area contributed by atoms with E-state index in [2.05, 4.69) is 20.5 Å². The van der Waals surface area contributed by atoms with Crippen LogP contribution >= 0.6 is 0 Å². The van der Waals surface area contributed by atoms with Crippen molar-refractivity contribution in [2.45, 2.75) is 44.7 Å². The maximum atomic E-state index is 14.0. The molecule has 4 aromatic rings. The Bertz CT molecular complexity index is 1560. The molecular formula is C33H35N5O3. The van der Waals surface area contributed by atoms with Gasteiger partial charge in [0.2, 0.25) is 17.7 Å². The molecule has 41 heavy (non-hydrogen) atoms. The summed E-state index contributed by atoms with van der Waals surface area (Å²) in [5.74, 6) is -0.232. The van der Waals surface area contributed by atoms with Crippen molar-refractivity contribution in [3.8, 4) is 11.3 Å². The van der Waals surface area contributed by atoms with Gasteiger partial charge in [-0.05, 0) is 86.3 Å². The third-order valence-electron chi connectivity index (χ3n) is 8.10. The molecule has 3 N–H and O–H groups in total. The predicted octanol–water partition coefficient (Wildman–Crippen LogP) is 5.56. The Kier molecular flexibility index (Phi) is 7.57. The molecular weight excluding hydrogens is 514 g/mol. The highest BCUT2D eigenvalue weighted by molar-refractivity contribution is 6.00. The van der Waals surface area contributed by atoms with Crippen LogP contribution in [0.2, 0.25) is 0 Å². The third kappa shape index (κ3) is 5.74. The SMILES string of the molecule is CC(=O)Nc1ccc(-c2cc3cc(NC(=O)[C@@H]4CCCN4C(=O)C(c4ccccc4)N4CCCC4)ccc3[nH]2)cc1. The molecule has 0 radical (unpaired) electrons. The van der Waals surface area contributed by atoms with Crippen LogP contribution < -0.4 is 10.6 Å². The van der Waals surface area contributed by atoms with Gasteiger partial charge in [0.05, 0.1) is 0 Å². The van der Waals surface area contributed by atoms with Crippen molar-refractivity contribution >= 4 is 40.0 Å². The molecule has 8 nitrogen and oxygen atoms in total. The molecule has 1 aromatic heterocycles. The second kappa shape index (κ2) is 11.6. The number of H-pyrrole nitrogens is 1. The number of carbonyl (C=O) groups is 3. The molecule has 2 fully saturated rings. The fourth-order valence-corrected chi connectivity index (χ4v) is 6.13. The highest BCUT2D eigenvalue weighted by Crippen LogP contribution is 2.32. The van der Waals surface area contributed by atoms with E-state index in [1.54, 1.807) is 4.90 Å². The summed E-state index contributed by atoms with van der Waals surface area (Å²) in [5.41, 5.74) is 5.33. The lowest BCUT2D eigenvalue weighted by molar-refractivity contribution is -0.141. The van der Waals surface area contributed by atoms with Gasteiger partial charge in [-0.25, -0.2) is 0 Å². The number of nitrogens with zero attached hydrogens (tertiary/aromatic N) is 2. The van der Waals surface area contributed by atoms with Crippen molar-refractivity contribution in [2.75, 3.05) is 30.3 Å². The zero-order valence-electron chi connectivity index (χ0n) is 23.2. The van der Waals surface area contributed by atoms with Gasteiger partial charge in [-0.1, -0.05) is 42.5 Å². The van der Waals surface area contributed by atoms with Crippen molar-refractivity contribution in [2.24, 2.45) is 0 Å². The van der Waals surface area contributed by atoms with Crippen LogP contribution in [0.5, 0.6) is 0 Å². The van der Waals surface area contributed by atoms with Crippen LogP contribution in [0.15, 0.2) is 78.9 Å². The van der Waals surface area contributed by atoms with Crippen molar-refractivity contribution in [1.82, 2.24) is 14.8 Å². The van der Waals surface area contributed by atoms with E-state index >= 15 is 0 Å². The van der Waals surface area contributed by atoms with Crippen molar-refractivity contribution in [1.29, 1.82) is 0 Å². The molecule has 0 bridgehead atoms. The second-order valence-electron chi connectivity index (χ2n) is 11.0. The van der Waals surface area contributed by atoms with Crippen LogP contribution in [0.25, 0.3) is 22.2 Å². The summed E-state index contributed by atoms with van der Waals surface area (Å²) in [4.78, 5) is 46.3. The Balaban J connectivity index is 1.18. The van der Waals surface area contributed by atoms with Gasteiger partial charge < -0.3 is 20.5 Å². The van der Waals surface area contributed by atoms with E-state index < -0.39 is 6.04 Å². The zero-order valence-corrected chi connectivity index (χ0v) is 23.2. The summed E-state index contributed by atoms with van der Waals surface area (Å²) in [5, 5.41) is 6.84. The topological polar surface area (TPSA) is 97.5 Å². The van der Waals surface area contributed by atoms with E-state index in [0.717, 1.165) is 65.8 Å². The number of hydrogen-bond acceptors (Lipinski definition) is 4. The maximum Gasteiger partial charge on any atom is 0.247 e. The number of fused-ring (bicyclic) bond motifs is 1. The van der Waals surface area contributed by atoms with Gasteiger partial charge in [-0.3, -0.25) is 19.3 Å². The van der Waals surface area contributed by atoms with Crippen LogP contribution in [0.4, 0.5) is 11.4 Å². The molecule has 3 amide bonds. The lowest BCUT2D eigenvalue weighted by Gasteiger charge is -2.33. The van der Waals surface area contributed by atoms with Gasteiger partial charge in [0, 0.05) is 41.4 Å². The first-order chi connectivity index (χ1) is 20.0. The van der Waals surface area contributed by atoms with E-state index in [1.165, 1.54) is 6.92 Å². The number of benzene rings is 3. The fraction of sp³-hybridized carbons (Fsp3) is 0.303. The smallest absolute Gasteiger partial charge is 0.247 e. The Morgan fingerprint density at radius 2 is 1.56 bits per heavy atom. The number of amides is 3. The number of aromatic nitrogens is 1. The summed E-state index contributed by atoms with van der Waals surface area (Å²) in [6.07, 6.45) is 3.65. The minimum Gasteiger partial charge on any atom is -0.355 e. The zero-order chi connectivity index (χ0) is 28.3. The quantitative estimate of drug-likeness (QED) is 0.281.